The Hall–Kier alpha value is -0.760. The van der Waals surface area contributed by atoms with Crippen molar-refractivity contribution in [3.05, 3.63) is 23.2 Å². The zero-order valence-corrected chi connectivity index (χ0v) is 15.5. The molecule has 1 aromatic rings. The Morgan fingerprint density at radius 3 is 2.67 bits per heavy atom. The average Bonchev–Trinajstić information content (AvgIpc) is 2.56. The van der Waals surface area contributed by atoms with Crippen LogP contribution in [0, 0.1) is 0 Å². The van der Waals surface area contributed by atoms with E-state index in [9.17, 15) is 4.79 Å². The molecule has 2 N–H and O–H groups in total. The van der Waals surface area contributed by atoms with Gasteiger partial charge in [0.2, 0.25) is 0 Å². The zero-order valence-electron chi connectivity index (χ0n) is 13.1. The van der Waals surface area contributed by atoms with Crippen LogP contribution >= 0.6 is 36.4 Å². The predicted molar refractivity (Wildman–Crippen MR) is 100 cm³/mol. The number of amides is 1. The van der Waals surface area contributed by atoms with Crippen molar-refractivity contribution in [2.75, 3.05) is 56.2 Å². The standard InChI is InChI=1S/C15H20ClN3O3.2ClH/c16-11-2-1-3-12(14(11)19-5-8-21-9-6-19)18-15(20)13-10-17-4-7-22-13;;/h1-3,13,17H,4-10H2,(H,18,20);2*1H. The van der Waals surface area contributed by atoms with Crippen LogP contribution in [0.2, 0.25) is 5.02 Å². The van der Waals surface area contributed by atoms with Crippen LogP contribution in [0.15, 0.2) is 18.2 Å². The molecule has 24 heavy (non-hydrogen) atoms. The number of carbonyl (C=O) groups excluding carboxylic acids is 1. The van der Waals surface area contributed by atoms with E-state index in [0.717, 1.165) is 25.3 Å². The number of anilines is 2. The average molecular weight is 399 g/mol. The molecule has 2 saturated heterocycles. The van der Waals surface area contributed by atoms with Gasteiger partial charge in [0.1, 0.15) is 6.10 Å². The Morgan fingerprint density at radius 2 is 2.00 bits per heavy atom. The molecule has 0 bridgehead atoms. The first kappa shape index (κ1) is 21.3. The molecule has 1 atom stereocenters. The molecule has 1 unspecified atom stereocenters. The van der Waals surface area contributed by atoms with Crippen LogP contribution in [0.4, 0.5) is 11.4 Å². The van der Waals surface area contributed by atoms with Crippen LogP contribution in [0.25, 0.3) is 0 Å². The molecule has 0 aliphatic carbocycles. The van der Waals surface area contributed by atoms with E-state index in [1.165, 1.54) is 0 Å². The van der Waals surface area contributed by atoms with Crippen LogP contribution in [-0.2, 0) is 14.3 Å². The van der Waals surface area contributed by atoms with E-state index in [1.54, 1.807) is 0 Å². The van der Waals surface area contributed by atoms with Gasteiger partial charge in [-0.15, -0.1) is 24.8 Å². The van der Waals surface area contributed by atoms with E-state index < -0.39 is 6.10 Å². The number of nitrogens with zero attached hydrogens (tertiary/aromatic N) is 1. The molecule has 0 aromatic heterocycles. The van der Waals surface area contributed by atoms with Gasteiger partial charge in [-0.2, -0.15) is 0 Å². The smallest absolute Gasteiger partial charge is 0.254 e. The molecule has 2 aliphatic rings. The molecule has 1 amide bonds. The fourth-order valence-electron chi connectivity index (χ4n) is 2.67. The summed E-state index contributed by atoms with van der Waals surface area (Å²) in [5.74, 6) is -0.149. The number of para-hydroxylation sites is 1. The summed E-state index contributed by atoms with van der Waals surface area (Å²) in [5.41, 5.74) is 1.57. The molecule has 6 nitrogen and oxygen atoms in total. The van der Waals surface area contributed by atoms with Crippen molar-refractivity contribution in [3.8, 4) is 0 Å². The van der Waals surface area contributed by atoms with Crippen LogP contribution in [0.1, 0.15) is 0 Å². The third-order valence-electron chi connectivity index (χ3n) is 3.79. The van der Waals surface area contributed by atoms with Crippen LogP contribution in [0.5, 0.6) is 0 Å². The Morgan fingerprint density at radius 1 is 1.25 bits per heavy atom. The first-order valence-corrected chi connectivity index (χ1v) is 7.88. The lowest BCUT2D eigenvalue weighted by Crippen LogP contribution is -2.45. The molecule has 136 valence electrons. The number of ether oxygens (including phenoxy) is 2. The van der Waals surface area contributed by atoms with Gasteiger partial charge in [0.05, 0.1) is 36.2 Å². The Balaban J connectivity index is 0.00000144. The Kier molecular flexibility index (Phi) is 9.12. The SMILES string of the molecule is Cl.Cl.O=C(Nc1cccc(Cl)c1N1CCOCC1)C1CNCCO1. The molecule has 2 aliphatic heterocycles. The number of rotatable bonds is 3. The highest BCUT2D eigenvalue weighted by atomic mass is 35.5. The van der Waals surface area contributed by atoms with E-state index in [2.05, 4.69) is 15.5 Å². The number of carbonyl (C=O) groups is 1. The Labute approximate surface area is 159 Å². The summed E-state index contributed by atoms with van der Waals surface area (Å²) in [7, 11) is 0. The molecule has 2 heterocycles. The normalized spacial score (nSPS) is 20.5. The monoisotopic (exact) mass is 397 g/mol. The van der Waals surface area contributed by atoms with E-state index in [0.29, 0.717) is 37.1 Å². The van der Waals surface area contributed by atoms with Crippen molar-refractivity contribution in [3.63, 3.8) is 0 Å². The van der Waals surface area contributed by atoms with Gasteiger partial charge in [-0.3, -0.25) is 4.79 Å². The van der Waals surface area contributed by atoms with Crippen molar-refractivity contribution in [2.45, 2.75) is 6.10 Å². The van der Waals surface area contributed by atoms with Gasteiger partial charge in [0.25, 0.3) is 5.91 Å². The molecule has 2 fully saturated rings. The topological polar surface area (TPSA) is 62.8 Å². The fraction of sp³-hybridized carbons (Fsp3) is 0.533. The van der Waals surface area contributed by atoms with Gasteiger partial charge in [0, 0.05) is 26.2 Å². The molecule has 0 spiro atoms. The second-order valence-corrected chi connectivity index (χ2v) is 5.70. The first-order valence-electron chi connectivity index (χ1n) is 7.50. The van der Waals surface area contributed by atoms with Crippen molar-refractivity contribution < 1.29 is 14.3 Å². The highest BCUT2D eigenvalue weighted by molar-refractivity contribution is 6.34. The summed E-state index contributed by atoms with van der Waals surface area (Å²) in [6.07, 6.45) is -0.467. The summed E-state index contributed by atoms with van der Waals surface area (Å²) in [4.78, 5) is 14.5. The highest BCUT2D eigenvalue weighted by Crippen LogP contribution is 2.34. The summed E-state index contributed by atoms with van der Waals surface area (Å²) in [6.45, 7) is 4.69. The molecule has 9 heteroatoms. The number of halogens is 3. The summed E-state index contributed by atoms with van der Waals surface area (Å²) in [5, 5.41) is 6.73. The maximum Gasteiger partial charge on any atom is 0.254 e. The molecule has 0 radical (unpaired) electrons. The summed E-state index contributed by atoms with van der Waals surface area (Å²) in [6, 6.07) is 5.54. The first-order chi connectivity index (χ1) is 10.8. The third kappa shape index (κ3) is 5.12. The molecular weight excluding hydrogens is 377 g/mol. The highest BCUT2D eigenvalue weighted by Gasteiger charge is 2.24. The second kappa shape index (κ2) is 10.3. The van der Waals surface area contributed by atoms with E-state index in [1.807, 2.05) is 18.2 Å². The van der Waals surface area contributed by atoms with Crippen molar-refractivity contribution in [1.29, 1.82) is 0 Å². The Bertz CT molecular complexity index is 536. The van der Waals surface area contributed by atoms with Gasteiger partial charge in [-0.25, -0.2) is 0 Å². The number of morpholine rings is 2. The molecular formula is C15H22Cl3N3O3. The quantitative estimate of drug-likeness (QED) is 0.815. The van der Waals surface area contributed by atoms with Gasteiger partial charge in [0.15, 0.2) is 0 Å². The fourth-order valence-corrected chi connectivity index (χ4v) is 2.97. The van der Waals surface area contributed by atoms with Gasteiger partial charge >= 0.3 is 0 Å². The maximum atomic E-state index is 12.4. The van der Waals surface area contributed by atoms with E-state index in [-0.39, 0.29) is 30.7 Å². The van der Waals surface area contributed by atoms with Crippen LogP contribution in [0.3, 0.4) is 0 Å². The van der Waals surface area contributed by atoms with Crippen LogP contribution < -0.4 is 15.5 Å². The molecule has 0 saturated carbocycles. The largest absolute Gasteiger partial charge is 0.378 e. The van der Waals surface area contributed by atoms with Crippen molar-refractivity contribution >= 4 is 53.7 Å². The number of nitrogens with one attached hydrogen (secondary N) is 2. The number of benzene rings is 1. The maximum absolute atomic E-state index is 12.4. The lowest BCUT2D eigenvalue weighted by Gasteiger charge is -2.31. The third-order valence-corrected chi connectivity index (χ3v) is 4.10. The minimum absolute atomic E-state index is 0. The number of hydrogen-bond acceptors (Lipinski definition) is 5. The van der Waals surface area contributed by atoms with Gasteiger partial charge in [-0.1, -0.05) is 17.7 Å². The second-order valence-electron chi connectivity index (χ2n) is 5.29. The lowest BCUT2D eigenvalue weighted by atomic mass is 10.2. The minimum atomic E-state index is -0.467. The molecule has 1 aromatic carbocycles. The minimum Gasteiger partial charge on any atom is -0.378 e. The van der Waals surface area contributed by atoms with Gasteiger partial charge in [-0.05, 0) is 12.1 Å². The predicted octanol–water partition coefficient (Wildman–Crippen LogP) is 1.95. The van der Waals surface area contributed by atoms with Gasteiger partial charge < -0.3 is 25.0 Å². The summed E-state index contributed by atoms with van der Waals surface area (Å²) < 4.78 is 10.9. The van der Waals surface area contributed by atoms with E-state index in [4.69, 9.17) is 21.1 Å². The molecule has 3 rings (SSSR count). The van der Waals surface area contributed by atoms with E-state index >= 15 is 0 Å². The number of hydrogen-bond donors (Lipinski definition) is 2. The van der Waals surface area contributed by atoms with Crippen molar-refractivity contribution in [2.24, 2.45) is 0 Å². The van der Waals surface area contributed by atoms with Crippen molar-refractivity contribution in [1.82, 2.24) is 5.32 Å². The van der Waals surface area contributed by atoms with Crippen LogP contribution in [-0.4, -0.2) is 58.0 Å². The summed E-state index contributed by atoms with van der Waals surface area (Å²) >= 11 is 6.35. The lowest BCUT2D eigenvalue weighted by molar-refractivity contribution is -0.128. The zero-order chi connectivity index (χ0) is 15.4.